The molecule has 3 aromatic rings. The fourth-order valence-electron chi connectivity index (χ4n) is 2.49. The minimum atomic E-state index is -0.492. The van der Waals surface area contributed by atoms with Gasteiger partial charge in [-0.15, -0.1) is 0 Å². The molecular formula is C20H14BrN3O3S. The highest BCUT2D eigenvalue weighted by Gasteiger charge is 2.12. The van der Waals surface area contributed by atoms with E-state index in [0.29, 0.717) is 15.7 Å². The number of nitro groups is 1. The van der Waals surface area contributed by atoms with Gasteiger partial charge < -0.3 is 5.32 Å². The molecule has 0 fully saturated rings. The molecule has 140 valence electrons. The maximum absolute atomic E-state index is 12.4. The van der Waals surface area contributed by atoms with Crippen LogP contribution in [0.2, 0.25) is 0 Å². The second kappa shape index (κ2) is 8.73. The van der Waals surface area contributed by atoms with Gasteiger partial charge in [0.2, 0.25) is 0 Å². The molecule has 0 heterocycles. The lowest BCUT2D eigenvalue weighted by Crippen LogP contribution is -2.34. The molecule has 0 saturated carbocycles. The molecule has 0 unspecified atom stereocenters. The molecule has 0 aliphatic rings. The van der Waals surface area contributed by atoms with Gasteiger partial charge in [0, 0.05) is 22.2 Å². The Kier molecular flexibility index (Phi) is 6.13. The van der Waals surface area contributed by atoms with Crippen molar-refractivity contribution in [3.05, 3.63) is 92.9 Å². The van der Waals surface area contributed by atoms with Crippen LogP contribution in [0.1, 0.15) is 10.4 Å². The predicted octanol–water partition coefficient (Wildman–Crippen LogP) is 5.15. The molecule has 3 aromatic carbocycles. The lowest BCUT2D eigenvalue weighted by molar-refractivity contribution is -0.384. The second-order valence-electron chi connectivity index (χ2n) is 5.77. The molecule has 6 nitrogen and oxygen atoms in total. The molecule has 0 radical (unpaired) electrons. The Morgan fingerprint density at radius 1 is 0.964 bits per heavy atom. The van der Waals surface area contributed by atoms with E-state index in [1.165, 1.54) is 18.2 Å². The average Bonchev–Trinajstić information content (AvgIpc) is 2.70. The molecule has 0 spiro atoms. The van der Waals surface area contributed by atoms with Gasteiger partial charge in [-0.1, -0.05) is 42.5 Å². The first-order valence-electron chi connectivity index (χ1n) is 8.16. The van der Waals surface area contributed by atoms with Gasteiger partial charge >= 0.3 is 0 Å². The van der Waals surface area contributed by atoms with E-state index in [2.05, 4.69) is 26.6 Å². The number of halogens is 1. The van der Waals surface area contributed by atoms with Crippen molar-refractivity contribution in [2.24, 2.45) is 0 Å². The molecule has 0 bridgehead atoms. The van der Waals surface area contributed by atoms with Crippen molar-refractivity contribution < 1.29 is 9.72 Å². The highest BCUT2D eigenvalue weighted by molar-refractivity contribution is 9.10. The number of benzene rings is 3. The van der Waals surface area contributed by atoms with Gasteiger partial charge in [-0.3, -0.25) is 20.2 Å². The van der Waals surface area contributed by atoms with Crippen LogP contribution in [0.25, 0.3) is 11.1 Å². The maximum atomic E-state index is 12.4. The summed E-state index contributed by atoms with van der Waals surface area (Å²) < 4.78 is 0.463. The largest absolute Gasteiger partial charge is 0.331 e. The number of carbonyl (C=O) groups is 1. The van der Waals surface area contributed by atoms with E-state index >= 15 is 0 Å². The summed E-state index contributed by atoms with van der Waals surface area (Å²) in [5.74, 6) is -0.352. The number of hydrogen-bond donors (Lipinski definition) is 2. The summed E-state index contributed by atoms with van der Waals surface area (Å²) in [7, 11) is 0. The molecule has 2 N–H and O–H groups in total. The number of thiocarbonyl (C=S) groups is 1. The standard InChI is InChI=1S/C20H14BrN3O3S/c21-17-12-16(24(26)27)10-11-18(17)22-20(28)23-19(25)15-8-6-14(7-9-15)13-4-2-1-3-5-13/h1-12H,(H2,22,23,25,28). The Hall–Kier alpha value is -3.10. The van der Waals surface area contributed by atoms with Gasteiger partial charge in [-0.05, 0) is 57.5 Å². The lowest BCUT2D eigenvalue weighted by Gasteiger charge is -2.11. The van der Waals surface area contributed by atoms with E-state index in [0.717, 1.165) is 11.1 Å². The molecule has 8 heteroatoms. The normalized spacial score (nSPS) is 10.2. The Morgan fingerprint density at radius 3 is 2.21 bits per heavy atom. The molecular weight excluding hydrogens is 442 g/mol. The summed E-state index contributed by atoms with van der Waals surface area (Å²) >= 11 is 8.41. The zero-order valence-electron chi connectivity index (χ0n) is 14.4. The van der Waals surface area contributed by atoms with E-state index in [9.17, 15) is 14.9 Å². The molecule has 0 saturated heterocycles. The number of amides is 1. The number of anilines is 1. The summed E-state index contributed by atoms with van der Waals surface area (Å²) in [6.45, 7) is 0. The van der Waals surface area contributed by atoms with Crippen molar-refractivity contribution in [1.82, 2.24) is 5.32 Å². The molecule has 28 heavy (non-hydrogen) atoms. The fourth-order valence-corrected chi connectivity index (χ4v) is 3.16. The van der Waals surface area contributed by atoms with Gasteiger partial charge in [0.15, 0.2) is 5.11 Å². The summed E-state index contributed by atoms with van der Waals surface area (Å²) in [6.07, 6.45) is 0. The van der Waals surface area contributed by atoms with Crippen LogP contribution in [0.15, 0.2) is 77.3 Å². The van der Waals surface area contributed by atoms with Crippen molar-refractivity contribution in [2.45, 2.75) is 0 Å². The number of hydrogen-bond acceptors (Lipinski definition) is 4. The number of rotatable bonds is 4. The fraction of sp³-hybridized carbons (Fsp3) is 0. The van der Waals surface area contributed by atoms with Crippen molar-refractivity contribution in [3.8, 4) is 11.1 Å². The third kappa shape index (κ3) is 4.79. The number of nitrogens with one attached hydrogen (secondary N) is 2. The number of non-ortho nitro benzene ring substituents is 1. The third-order valence-electron chi connectivity index (χ3n) is 3.89. The van der Waals surface area contributed by atoms with Crippen molar-refractivity contribution in [1.29, 1.82) is 0 Å². The van der Waals surface area contributed by atoms with Crippen LogP contribution >= 0.6 is 28.1 Å². The van der Waals surface area contributed by atoms with Gasteiger partial charge in [0.05, 0.1) is 10.6 Å². The summed E-state index contributed by atoms with van der Waals surface area (Å²) in [6, 6.07) is 21.2. The van der Waals surface area contributed by atoms with Gasteiger partial charge in [0.25, 0.3) is 11.6 Å². The van der Waals surface area contributed by atoms with Crippen molar-refractivity contribution >= 4 is 50.5 Å². The van der Waals surface area contributed by atoms with Crippen LogP contribution < -0.4 is 10.6 Å². The minimum absolute atomic E-state index is 0.0501. The average molecular weight is 456 g/mol. The van der Waals surface area contributed by atoms with Crippen LogP contribution in [0.3, 0.4) is 0 Å². The Labute approximate surface area is 174 Å². The van der Waals surface area contributed by atoms with Gasteiger partial charge in [-0.25, -0.2) is 0 Å². The number of nitro benzene ring substituents is 1. The Bertz CT molecular complexity index is 1040. The van der Waals surface area contributed by atoms with E-state index < -0.39 is 4.92 Å². The van der Waals surface area contributed by atoms with E-state index in [-0.39, 0.29) is 16.7 Å². The third-order valence-corrected chi connectivity index (χ3v) is 4.75. The first kappa shape index (κ1) is 19.7. The Morgan fingerprint density at radius 2 is 1.61 bits per heavy atom. The smallest absolute Gasteiger partial charge is 0.270 e. The molecule has 0 atom stereocenters. The highest BCUT2D eigenvalue weighted by atomic mass is 79.9. The lowest BCUT2D eigenvalue weighted by atomic mass is 10.0. The number of carbonyl (C=O) groups excluding carboxylic acids is 1. The minimum Gasteiger partial charge on any atom is -0.331 e. The quantitative estimate of drug-likeness (QED) is 0.322. The first-order valence-corrected chi connectivity index (χ1v) is 9.36. The van der Waals surface area contributed by atoms with Crippen molar-refractivity contribution in [2.75, 3.05) is 5.32 Å². The van der Waals surface area contributed by atoms with E-state index in [1.807, 2.05) is 42.5 Å². The molecule has 0 aliphatic carbocycles. The molecule has 1 amide bonds. The predicted molar refractivity (Wildman–Crippen MR) is 116 cm³/mol. The first-order chi connectivity index (χ1) is 13.4. The zero-order valence-corrected chi connectivity index (χ0v) is 16.8. The van der Waals surface area contributed by atoms with Crippen LogP contribution in [-0.4, -0.2) is 15.9 Å². The summed E-state index contributed by atoms with van der Waals surface area (Å²) in [5.41, 5.74) is 3.00. The van der Waals surface area contributed by atoms with E-state index in [4.69, 9.17) is 12.2 Å². The van der Waals surface area contributed by atoms with Gasteiger partial charge in [0.1, 0.15) is 0 Å². The summed E-state index contributed by atoms with van der Waals surface area (Å²) in [5, 5.41) is 16.3. The summed E-state index contributed by atoms with van der Waals surface area (Å²) in [4.78, 5) is 22.7. The van der Waals surface area contributed by atoms with Crippen LogP contribution in [0.4, 0.5) is 11.4 Å². The van der Waals surface area contributed by atoms with Crippen LogP contribution in [0.5, 0.6) is 0 Å². The van der Waals surface area contributed by atoms with Crippen molar-refractivity contribution in [3.63, 3.8) is 0 Å². The van der Waals surface area contributed by atoms with E-state index in [1.54, 1.807) is 12.1 Å². The SMILES string of the molecule is O=C(NC(=S)Nc1ccc([N+](=O)[O-])cc1Br)c1ccc(-c2ccccc2)cc1. The van der Waals surface area contributed by atoms with Gasteiger partial charge in [-0.2, -0.15) is 0 Å². The molecule has 3 rings (SSSR count). The maximum Gasteiger partial charge on any atom is 0.270 e. The monoisotopic (exact) mass is 455 g/mol. The topological polar surface area (TPSA) is 84.3 Å². The molecule has 0 aromatic heterocycles. The molecule has 0 aliphatic heterocycles. The van der Waals surface area contributed by atoms with Crippen LogP contribution in [-0.2, 0) is 0 Å². The zero-order chi connectivity index (χ0) is 20.1. The second-order valence-corrected chi connectivity index (χ2v) is 7.04. The number of nitrogens with zero attached hydrogens (tertiary/aromatic N) is 1. The van der Waals surface area contributed by atoms with Crippen LogP contribution in [0, 0.1) is 10.1 Å². The Balaban J connectivity index is 1.64. The highest BCUT2D eigenvalue weighted by Crippen LogP contribution is 2.27.